The van der Waals surface area contributed by atoms with Gasteiger partial charge in [0.05, 0.1) is 6.04 Å². The molecule has 2 heterocycles. The number of carbonyl (C=O) groups is 2. The van der Waals surface area contributed by atoms with Gasteiger partial charge in [0, 0.05) is 23.0 Å². The van der Waals surface area contributed by atoms with Gasteiger partial charge in [-0.25, -0.2) is 0 Å². The topological polar surface area (TPSA) is 40.6 Å². The molecule has 1 aromatic heterocycles. The van der Waals surface area contributed by atoms with Crippen molar-refractivity contribution in [3.05, 3.63) is 92.7 Å². The minimum absolute atomic E-state index is 0.0124. The molecule has 166 valence electrons. The summed E-state index contributed by atoms with van der Waals surface area (Å²) < 4.78 is 0. The second kappa shape index (κ2) is 9.29. The number of benzene rings is 2. The number of thiophene rings is 1. The molecule has 4 nitrogen and oxygen atoms in total. The number of carbonyl (C=O) groups excluding carboxylic acids is 2. The van der Waals surface area contributed by atoms with E-state index < -0.39 is 0 Å². The average molecular weight is 447 g/mol. The van der Waals surface area contributed by atoms with Crippen LogP contribution in [0.2, 0.25) is 0 Å². The van der Waals surface area contributed by atoms with Gasteiger partial charge in [0.25, 0.3) is 5.91 Å². The molecule has 4 rings (SSSR count). The number of hydrogen-bond donors (Lipinski definition) is 0. The lowest BCUT2D eigenvalue weighted by molar-refractivity contribution is -0.134. The minimum atomic E-state index is -0.110. The van der Waals surface area contributed by atoms with Gasteiger partial charge in [-0.3, -0.25) is 9.59 Å². The van der Waals surface area contributed by atoms with Gasteiger partial charge >= 0.3 is 0 Å². The van der Waals surface area contributed by atoms with E-state index in [1.165, 1.54) is 16.0 Å². The Morgan fingerprint density at radius 2 is 1.62 bits per heavy atom. The molecule has 0 aliphatic carbocycles. The summed E-state index contributed by atoms with van der Waals surface area (Å²) in [5.41, 5.74) is 5.24. The smallest absolute Gasteiger partial charge is 0.254 e. The number of nitrogens with zero attached hydrogens (tertiary/aromatic N) is 2. The Morgan fingerprint density at radius 3 is 2.25 bits per heavy atom. The van der Waals surface area contributed by atoms with Crippen LogP contribution < -0.4 is 0 Å². The van der Waals surface area contributed by atoms with Crippen molar-refractivity contribution in [3.63, 3.8) is 0 Å². The van der Waals surface area contributed by atoms with Crippen molar-refractivity contribution in [3.8, 4) is 0 Å². The van der Waals surface area contributed by atoms with Gasteiger partial charge in [0.2, 0.25) is 5.91 Å². The largest absolute Gasteiger partial charge is 0.330 e. The fourth-order valence-corrected chi connectivity index (χ4v) is 5.18. The van der Waals surface area contributed by atoms with E-state index in [9.17, 15) is 9.59 Å². The molecule has 0 N–H and O–H groups in total. The van der Waals surface area contributed by atoms with Gasteiger partial charge in [-0.1, -0.05) is 47.5 Å². The zero-order chi connectivity index (χ0) is 22.8. The lowest BCUT2D eigenvalue weighted by Gasteiger charge is -2.38. The third-order valence-corrected chi connectivity index (χ3v) is 7.16. The number of hydrogen-bond acceptors (Lipinski definition) is 3. The number of aryl methyl sites for hydroxylation is 2. The highest BCUT2D eigenvalue weighted by atomic mass is 32.1. The van der Waals surface area contributed by atoms with E-state index in [-0.39, 0.29) is 30.4 Å². The van der Waals surface area contributed by atoms with Crippen molar-refractivity contribution < 1.29 is 9.59 Å². The monoisotopic (exact) mass is 446 g/mol. The Bertz CT molecular complexity index is 1100. The van der Waals surface area contributed by atoms with Gasteiger partial charge in [0.15, 0.2) is 0 Å². The lowest BCUT2D eigenvalue weighted by Crippen LogP contribution is -2.48. The van der Waals surface area contributed by atoms with Crippen LogP contribution in [0.5, 0.6) is 0 Å². The maximum Gasteiger partial charge on any atom is 0.254 e. The van der Waals surface area contributed by atoms with Crippen molar-refractivity contribution in [2.75, 3.05) is 13.1 Å². The van der Waals surface area contributed by atoms with Crippen molar-refractivity contribution in [2.24, 2.45) is 0 Å². The first-order valence-electron chi connectivity index (χ1n) is 11.1. The third kappa shape index (κ3) is 4.49. The van der Waals surface area contributed by atoms with Gasteiger partial charge in [-0.05, 0) is 68.8 Å². The molecule has 0 saturated heterocycles. The SMILES string of the molecule is Cc1ccc(C(=O)N(CC(=O)N2CCc3sccc3C2c2ccc(C)cc2)C(C)C)cc1. The normalized spacial score (nSPS) is 15.5. The Labute approximate surface area is 194 Å². The molecule has 1 aliphatic heterocycles. The minimum Gasteiger partial charge on any atom is -0.330 e. The van der Waals surface area contributed by atoms with E-state index in [2.05, 4.69) is 42.6 Å². The summed E-state index contributed by atoms with van der Waals surface area (Å²) in [5, 5.41) is 2.11. The van der Waals surface area contributed by atoms with Crippen LogP contribution in [0.4, 0.5) is 0 Å². The summed E-state index contributed by atoms with van der Waals surface area (Å²) in [5.74, 6) is -0.116. The molecule has 0 spiro atoms. The summed E-state index contributed by atoms with van der Waals surface area (Å²) in [6.07, 6.45) is 0.856. The number of rotatable bonds is 5. The Morgan fingerprint density at radius 1 is 1.00 bits per heavy atom. The fourth-order valence-electron chi connectivity index (χ4n) is 4.28. The molecule has 0 radical (unpaired) electrons. The molecule has 0 fully saturated rings. The second-order valence-corrected chi connectivity index (χ2v) is 9.84. The van der Waals surface area contributed by atoms with Crippen LogP contribution in [0, 0.1) is 13.8 Å². The van der Waals surface area contributed by atoms with E-state index in [1.54, 1.807) is 16.2 Å². The van der Waals surface area contributed by atoms with Crippen molar-refractivity contribution >= 4 is 23.2 Å². The predicted molar refractivity (Wildman–Crippen MR) is 130 cm³/mol. The molecule has 2 aromatic carbocycles. The Hall–Kier alpha value is -2.92. The quantitative estimate of drug-likeness (QED) is 0.527. The molecule has 2 amide bonds. The molecular weight excluding hydrogens is 416 g/mol. The fraction of sp³-hybridized carbons (Fsp3) is 0.333. The van der Waals surface area contributed by atoms with Crippen molar-refractivity contribution in [2.45, 2.75) is 46.2 Å². The van der Waals surface area contributed by atoms with Crippen LogP contribution in [0.1, 0.15) is 57.4 Å². The Kier molecular flexibility index (Phi) is 6.47. The molecule has 3 aromatic rings. The van der Waals surface area contributed by atoms with Gasteiger partial charge in [0.1, 0.15) is 6.54 Å². The molecule has 0 saturated carbocycles. The van der Waals surface area contributed by atoms with E-state index >= 15 is 0 Å². The summed E-state index contributed by atoms with van der Waals surface area (Å²) in [6, 6.07) is 17.9. The molecule has 1 unspecified atom stereocenters. The van der Waals surface area contributed by atoms with E-state index in [0.717, 1.165) is 17.5 Å². The lowest BCUT2D eigenvalue weighted by atomic mass is 9.92. The van der Waals surface area contributed by atoms with E-state index in [1.807, 2.05) is 49.9 Å². The van der Waals surface area contributed by atoms with Gasteiger partial charge in [-0.15, -0.1) is 11.3 Å². The molecule has 1 atom stereocenters. The number of amides is 2. The summed E-state index contributed by atoms with van der Waals surface area (Å²) in [4.78, 5) is 31.8. The van der Waals surface area contributed by atoms with Crippen LogP contribution in [0.15, 0.2) is 60.0 Å². The maximum atomic E-state index is 13.6. The summed E-state index contributed by atoms with van der Waals surface area (Å²) in [6.45, 7) is 8.73. The number of fused-ring (bicyclic) bond motifs is 1. The Balaban J connectivity index is 1.61. The molecular formula is C27H30N2O2S. The predicted octanol–water partition coefficient (Wildman–Crippen LogP) is 5.39. The average Bonchev–Trinajstić information content (AvgIpc) is 3.26. The first-order valence-corrected chi connectivity index (χ1v) is 12.0. The summed E-state index contributed by atoms with van der Waals surface area (Å²) >= 11 is 1.76. The zero-order valence-corrected chi connectivity index (χ0v) is 20.0. The van der Waals surface area contributed by atoms with Gasteiger partial charge in [-0.2, -0.15) is 0 Å². The highest BCUT2D eigenvalue weighted by Crippen LogP contribution is 2.38. The third-order valence-electron chi connectivity index (χ3n) is 6.17. The standard InChI is InChI=1S/C27H30N2O2S/c1-18(2)29(27(31)22-11-7-20(4)8-12-22)17-25(30)28-15-13-24-23(14-16-32-24)26(28)21-9-5-19(3)6-10-21/h5-12,14,16,18,26H,13,15,17H2,1-4H3. The van der Waals surface area contributed by atoms with E-state index in [0.29, 0.717) is 12.1 Å². The highest BCUT2D eigenvalue weighted by Gasteiger charge is 2.34. The van der Waals surface area contributed by atoms with Crippen molar-refractivity contribution in [1.29, 1.82) is 0 Å². The van der Waals surface area contributed by atoms with Crippen molar-refractivity contribution in [1.82, 2.24) is 9.80 Å². The molecule has 32 heavy (non-hydrogen) atoms. The second-order valence-electron chi connectivity index (χ2n) is 8.84. The first-order chi connectivity index (χ1) is 15.3. The van der Waals surface area contributed by atoms with Crippen LogP contribution in [-0.2, 0) is 11.2 Å². The first kappa shape index (κ1) is 22.3. The van der Waals surface area contributed by atoms with Crippen LogP contribution >= 0.6 is 11.3 Å². The highest BCUT2D eigenvalue weighted by molar-refractivity contribution is 7.10. The zero-order valence-electron chi connectivity index (χ0n) is 19.2. The molecule has 0 bridgehead atoms. The van der Waals surface area contributed by atoms with Crippen LogP contribution in [0.25, 0.3) is 0 Å². The van der Waals surface area contributed by atoms with Crippen LogP contribution in [-0.4, -0.2) is 40.7 Å². The summed E-state index contributed by atoms with van der Waals surface area (Å²) in [7, 11) is 0. The molecule has 5 heteroatoms. The van der Waals surface area contributed by atoms with E-state index in [4.69, 9.17) is 0 Å². The van der Waals surface area contributed by atoms with Gasteiger partial charge < -0.3 is 9.80 Å². The maximum absolute atomic E-state index is 13.6. The molecule has 1 aliphatic rings. The van der Waals surface area contributed by atoms with Crippen LogP contribution in [0.3, 0.4) is 0 Å².